The van der Waals surface area contributed by atoms with E-state index in [1.807, 2.05) is 25.7 Å². The number of rotatable bonds is 1. The maximum atomic E-state index is 12.0. The number of nitrogen functional groups attached to an aromatic ring is 1. The van der Waals surface area contributed by atoms with Crippen LogP contribution in [-0.4, -0.2) is 58.0 Å². The summed E-state index contributed by atoms with van der Waals surface area (Å²) in [6.45, 7) is 7.76. The molecule has 0 spiro atoms. The summed E-state index contributed by atoms with van der Waals surface area (Å²) in [5, 5.41) is 7.74. The molecule has 1 amide bonds. The maximum absolute atomic E-state index is 12.0. The summed E-state index contributed by atoms with van der Waals surface area (Å²) in [4.78, 5) is 19.6. The van der Waals surface area contributed by atoms with E-state index in [0.29, 0.717) is 32.1 Å². The maximum Gasteiger partial charge on any atom is 0.410 e. The molecule has 0 bridgehead atoms. The zero-order valence-electron chi connectivity index (χ0n) is 12.3. The van der Waals surface area contributed by atoms with Gasteiger partial charge in [0.25, 0.3) is 0 Å². The van der Waals surface area contributed by atoms with Crippen molar-refractivity contribution in [3.8, 4) is 0 Å². The fourth-order valence-electron chi connectivity index (χ4n) is 1.87. The zero-order valence-corrected chi connectivity index (χ0v) is 13.1. The van der Waals surface area contributed by atoms with Gasteiger partial charge in [0.05, 0.1) is 0 Å². The molecule has 116 valence electrons. The molecule has 1 aliphatic heterocycles. The lowest BCUT2D eigenvalue weighted by molar-refractivity contribution is 0.0240. The fraction of sp³-hybridized carbons (Fsp3) is 0.667. The number of hydrogen-bond acceptors (Lipinski definition) is 7. The molecule has 0 aromatic carbocycles. The van der Waals surface area contributed by atoms with Gasteiger partial charge in [-0.3, -0.25) is 0 Å². The molecule has 0 aliphatic carbocycles. The van der Waals surface area contributed by atoms with Gasteiger partial charge in [-0.2, -0.15) is 4.98 Å². The number of ether oxygens (including phenoxy) is 1. The Morgan fingerprint density at radius 1 is 1.24 bits per heavy atom. The Bertz CT molecular complexity index is 525. The van der Waals surface area contributed by atoms with E-state index in [1.165, 1.54) is 0 Å². The minimum absolute atomic E-state index is 0.0890. The van der Waals surface area contributed by atoms with E-state index in [9.17, 15) is 4.79 Å². The summed E-state index contributed by atoms with van der Waals surface area (Å²) in [7, 11) is 0. The number of aromatic nitrogens is 3. The van der Waals surface area contributed by atoms with Gasteiger partial charge in [0, 0.05) is 26.2 Å². The normalized spacial score (nSPS) is 16.0. The van der Waals surface area contributed by atoms with Crippen molar-refractivity contribution in [3.05, 3.63) is 5.15 Å². The molecular weight excluding hydrogens is 296 g/mol. The van der Waals surface area contributed by atoms with Gasteiger partial charge >= 0.3 is 6.09 Å². The molecule has 1 saturated heterocycles. The van der Waals surface area contributed by atoms with E-state index < -0.39 is 5.60 Å². The Balaban J connectivity index is 1.94. The lowest BCUT2D eigenvalue weighted by Gasteiger charge is -2.35. The first-order valence-corrected chi connectivity index (χ1v) is 7.02. The average molecular weight is 315 g/mol. The van der Waals surface area contributed by atoms with Gasteiger partial charge in [-0.15, -0.1) is 10.2 Å². The quantitative estimate of drug-likeness (QED) is 0.830. The molecule has 1 fully saturated rings. The summed E-state index contributed by atoms with van der Waals surface area (Å²) in [6, 6.07) is 0. The van der Waals surface area contributed by atoms with Gasteiger partial charge in [0.1, 0.15) is 5.60 Å². The van der Waals surface area contributed by atoms with Crippen molar-refractivity contribution in [2.75, 3.05) is 36.8 Å². The van der Waals surface area contributed by atoms with Crippen LogP contribution in [0.4, 0.5) is 16.6 Å². The third-order valence-corrected chi connectivity index (χ3v) is 3.14. The van der Waals surface area contributed by atoms with Gasteiger partial charge in [-0.1, -0.05) is 11.6 Å². The lowest BCUT2D eigenvalue weighted by Crippen LogP contribution is -2.50. The molecule has 21 heavy (non-hydrogen) atoms. The molecule has 0 unspecified atom stereocenters. The highest BCUT2D eigenvalue weighted by Gasteiger charge is 2.27. The second-order valence-corrected chi connectivity index (χ2v) is 6.10. The molecule has 9 heteroatoms. The predicted octanol–water partition coefficient (Wildman–Crippen LogP) is 1.16. The number of hydrogen-bond donors (Lipinski definition) is 1. The average Bonchev–Trinajstić information content (AvgIpc) is 2.40. The highest BCUT2D eigenvalue weighted by Crippen LogP contribution is 2.17. The summed E-state index contributed by atoms with van der Waals surface area (Å²) < 4.78 is 5.34. The third-order valence-electron chi connectivity index (χ3n) is 2.87. The number of halogens is 1. The fourth-order valence-corrected chi connectivity index (χ4v) is 1.95. The van der Waals surface area contributed by atoms with Crippen LogP contribution in [0.3, 0.4) is 0 Å². The van der Waals surface area contributed by atoms with Crippen LogP contribution in [0.2, 0.25) is 5.15 Å². The van der Waals surface area contributed by atoms with E-state index in [4.69, 9.17) is 22.1 Å². The number of piperazine rings is 1. The molecule has 1 aliphatic rings. The van der Waals surface area contributed by atoms with Crippen LogP contribution in [0.25, 0.3) is 0 Å². The number of amides is 1. The minimum Gasteiger partial charge on any atom is -0.444 e. The molecular formula is C12H19ClN6O2. The molecule has 1 aromatic rings. The molecule has 2 rings (SSSR count). The lowest BCUT2D eigenvalue weighted by atomic mass is 10.2. The smallest absolute Gasteiger partial charge is 0.410 e. The van der Waals surface area contributed by atoms with Crippen LogP contribution in [0.15, 0.2) is 0 Å². The van der Waals surface area contributed by atoms with Crippen molar-refractivity contribution in [3.63, 3.8) is 0 Å². The third kappa shape index (κ3) is 4.07. The van der Waals surface area contributed by atoms with E-state index in [-0.39, 0.29) is 17.1 Å². The first-order valence-electron chi connectivity index (χ1n) is 6.65. The van der Waals surface area contributed by atoms with Crippen molar-refractivity contribution in [1.29, 1.82) is 0 Å². The summed E-state index contributed by atoms with van der Waals surface area (Å²) >= 11 is 5.70. The summed E-state index contributed by atoms with van der Waals surface area (Å²) in [6.07, 6.45) is -0.309. The van der Waals surface area contributed by atoms with Gasteiger partial charge in [-0.25, -0.2) is 4.79 Å². The van der Waals surface area contributed by atoms with Crippen molar-refractivity contribution < 1.29 is 9.53 Å². The van der Waals surface area contributed by atoms with Crippen LogP contribution >= 0.6 is 11.6 Å². The van der Waals surface area contributed by atoms with E-state index >= 15 is 0 Å². The predicted molar refractivity (Wildman–Crippen MR) is 79.3 cm³/mol. The van der Waals surface area contributed by atoms with E-state index in [2.05, 4.69) is 15.2 Å². The van der Waals surface area contributed by atoms with Crippen LogP contribution in [0.5, 0.6) is 0 Å². The Kier molecular flexibility index (Phi) is 4.36. The van der Waals surface area contributed by atoms with E-state index in [1.54, 1.807) is 4.90 Å². The second-order valence-electron chi connectivity index (χ2n) is 5.74. The molecule has 8 nitrogen and oxygen atoms in total. The molecule has 0 atom stereocenters. The number of carbonyl (C=O) groups is 1. The highest BCUT2D eigenvalue weighted by atomic mass is 35.5. The molecule has 2 heterocycles. The first kappa shape index (κ1) is 15.6. The summed E-state index contributed by atoms with van der Waals surface area (Å²) in [5.41, 5.74) is 5.12. The van der Waals surface area contributed by atoms with Crippen LogP contribution in [-0.2, 0) is 4.74 Å². The first-order chi connectivity index (χ1) is 9.76. The second kappa shape index (κ2) is 5.88. The van der Waals surface area contributed by atoms with Gasteiger partial charge in [-0.05, 0) is 20.8 Å². The number of carbonyl (C=O) groups excluding carboxylic acids is 1. The van der Waals surface area contributed by atoms with Crippen LogP contribution in [0.1, 0.15) is 20.8 Å². The van der Waals surface area contributed by atoms with Crippen LogP contribution < -0.4 is 10.6 Å². The molecule has 0 radical (unpaired) electrons. The Morgan fingerprint density at radius 3 is 2.38 bits per heavy atom. The van der Waals surface area contributed by atoms with Gasteiger partial charge in [0.2, 0.25) is 5.95 Å². The van der Waals surface area contributed by atoms with Crippen molar-refractivity contribution >= 4 is 29.5 Å². The SMILES string of the molecule is CC(C)(C)OC(=O)N1CCN(c2nnc(Cl)c(N)n2)CC1. The molecule has 2 N–H and O–H groups in total. The molecule has 0 saturated carbocycles. The standard InChI is InChI=1S/C12H19ClN6O2/c1-12(2,3)21-11(20)19-6-4-18(5-7-19)10-15-9(14)8(13)16-17-10/h4-7H2,1-3H3,(H2,14,15,17). The van der Waals surface area contributed by atoms with Crippen LogP contribution in [0, 0.1) is 0 Å². The van der Waals surface area contributed by atoms with E-state index in [0.717, 1.165) is 0 Å². The number of anilines is 2. The topological polar surface area (TPSA) is 97.5 Å². The zero-order chi connectivity index (χ0) is 15.6. The molecule has 1 aromatic heterocycles. The van der Waals surface area contributed by atoms with Crippen molar-refractivity contribution in [2.45, 2.75) is 26.4 Å². The van der Waals surface area contributed by atoms with Gasteiger partial charge in [0.15, 0.2) is 11.0 Å². The largest absolute Gasteiger partial charge is 0.444 e. The number of nitrogens with two attached hydrogens (primary N) is 1. The van der Waals surface area contributed by atoms with Crippen molar-refractivity contribution in [2.24, 2.45) is 0 Å². The summed E-state index contributed by atoms with van der Waals surface area (Å²) in [5.74, 6) is 0.567. The highest BCUT2D eigenvalue weighted by molar-refractivity contribution is 6.31. The Hall–Kier alpha value is -1.83. The Morgan fingerprint density at radius 2 is 1.86 bits per heavy atom. The number of nitrogens with zero attached hydrogens (tertiary/aromatic N) is 5. The monoisotopic (exact) mass is 314 g/mol. The Labute approximate surface area is 128 Å². The van der Waals surface area contributed by atoms with Gasteiger partial charge < -0.3 is 20.3 Å². The minimum atomic E-state index is -0.494. The van der Waals surface area contributed by atoms with Crippen molar-refractivity contribution in [1.82, 2.24) is 20.1 Å².